The van der Waals surface area contributed by atoms with E-state index in [4.69, 9.17) is 0 Å². The summed E-state index contributed by atoms with van der Waals surface area (Å²) in [7, 11) is 0. The molecule has 110 valence electrons. The van der Waals surface area contributed by atoms with Crippen LogP contribution in [0.1, 0.15) is 15.9 Å². The van der Waals surface area contributed by atoms with Gasteiger partial charge in [0.1, 0.15) is 0 Å². The minimum absolute atomic E-state index is 0.0276. The Morgan fingerprint density at radius 2 is 1.71 bits per heavy atom. The molecule has 0 aromatic heterocycles. The topological polar surface area (TPSA) is 37.3 Å². The van der Waals surface area contributed by atoms with E-state index < -0.39 is 25.0 Å². The molecular weight excluding hydrogens is 281 g/mol. The van der Waals surface area contributed by atoms with Crippen molar-refractivity contribution in [3.8, 4) is 11.1 Å². The molecule has 0 saturated heterocycles. The van der Waals surface area contributed by atoms with Crippen LogP contribution in [0.15, 0.2) is 48.5 Å². The first-order valence-electron chi connectivity index (χ1n) is 6.33. The molecule has 0 saturated carbocycles. The van der Waals surface area contributed by atoms with Crippen LogP contribution >= 0.6 is 0 Å². The van der Waals surface area contributed by atoms with Gasteiger partial charge in [-0.3, -0.25) is 0 Å². The summed E-state index contributed by atoms with van der Waals surface area (Å²) in [5.41, 5.74) is 1.38. The number of rotatable bonds is 5. The van der Waals surface area contributed by atoms with Gasteiger partial charge in [0.15, 0.2) is 6.17 Å². The predicted octanol–water partition coefficient (Wildman–Crippen LogP) is 4.20. The van der Waals surface area contributed by atoms with Gasteiger partial charge in [0.05, 0.1) is 5.56 Å². The average Bonchev–Trinajstić information content (AvgIpc) is 2.47. The van der Waals surface area contributed by atoms with Crippen LogP contribution in [-0.2, 0) is 6.42 Å². The Hall–Kier alpha value is -2.30. The Bertz CT molecular complexity index is 627. The highest BCUT2D eigenvalue weighted by atomic mass is 19.3. The molecule has 2 nitrogen and oxygen atoms in total. The van der Waals surface area contributed by atoms with E-state index in [2.05, 4.69) is 0 Å². The molecule has 0 aliphatic heterocycles. The number of alkyl halides is 3. The van der Waals surface area contributed by atoms with Gasteiger partial charge >= 0.3 is 5.97 Å². The molecule has 1 atom stereocenters. The number of benzene rings is 2. The Balaban J connectivity index is 2.39. The van der Waals surface area contributed by atoms with Gasteiger partial charge < -0.3 is 5.11 Å². The van der Waals surface area contributed by atoms with Gasteiger partial charge in [-0.05, 0) is 22.8 Å². The zero-order chi connectivity index (χ0) is 15.4. The average molecular weight is 294 g/mol. The van der Waals surface area contributed by atoms with Crippen molar-refractivity contribution in [3.05, 3.63) is 59.7 Å². The number of halogens is 3. The smallest absolute Gasteiger partial charge is 0.336 e. The second-order valence-electron chi connectivity index (χ2n) is 4.61. The molecule has 1 unspecified atom stereocenters. The standard InChI is InChI=1S/C16H13F3O2/c17-14(15(18)19)9-10-6-7-12(13(8-10)16(20)21)11-4-2-1-3-5-11/h1-8,14-15H,9H2,(H,20,21). The molecule has 0 aliphatic rings. The van der Waals surface area contributed by atoms with Crippen molar-refractivity contribution >= 4 is 5.97 Å². The largest absolute Gasteiger partial charge is 0.478 e. The van der Waals surface area contributed by atoms with Gasteiger partial charge in [-0.1, -0.05) is 42.5 Å². The van der Waals surface area contributed by atoms with Gasteiger partial charge in [-0.25, -0.2) is 18.0 Å². The van der Waals surface area contributed by atoms with Crippen LogP contribution in [0, 0.1) is 0 Å². The fourth-order valence-electron chi connectivity index (χ4n) is 2.08. The summed E-state index contributed by atoms with van der Waals surface area (Å²) in [6.45, 7) is 0. The van der Waals surface area contributed by atoms with Crippen molar-refractivity contribution in [2.45, 2.75) is 19.0 Å². The summed E-state index contributed by atoms with van der Waals surface area (Å²) in [4.78, 5) is 11.3. The number of carbonyl (C=O) groups is 1. The van der Waals surface area contributed by atoms with Gasteiger partial charge in [0.2, 0.25) is 0 Å². The summed E-state index contributed by atoms with van der Waals surface area (Å²) < 4.78 is 37.5. The van der Waals surface area contributed by atoms with Crippen molar-refractivity contribution < 1.29 is 23.1 Å². The molecule has 2 rings (SSSR count). The molecule has 2 aromatic carbocycles. The zero-order valence-corrected chi connectivity index (χ0v) is 11.0. The molecule has 0 amide bonds. The highest BCUT2D eigenvalue weighted by Crippen LogP contribution is 2.26. The monoisotopic (exact) mass is 294 g/mol. The minimum atomic E-state index is -3.08. The first kappa shape index (κ1) is 15.1. The Kier molecular flexibility index (Phi) is 4.62. The van der Waals surface area contributed by atoms with E-state index in [0.717, 1.165) is 0 Å². The number of carboxylic acids is 1. The first-order valence-corrected chi connectivity index (χ1v) is 6.33. The van der Waals surface area contributed by atoms with E-state index in [1.165, 1.54) is 18.2 Å². The van der Waals surface area contributed by atoms with Crippen molar-refractivity contribution in [3.63, 3.8) is 0 Å². The SMILES string of the molecule is O=C(O)c1cc(CC(F)C(F)F)ccc1-c1ccccc1. The lowest BCUT2D eigenvalue weighted by atomic mass is 9.96. The maximum atomic E-state index is 13.1. The molecule has 2 aromatic rings. The molecule has 0 radical (unpaired) electrons. The highest BCUT2D eigenvalue weighted by molar-refractivity contribution is 5.96. The van der Waals surface area contributed by atoms with Crippen molar-refractivity contribution in [1.82, 2.24) is 0 Å². The van der Waals surface area contributed by atoms with Crippen LogP contribution in [-0.4, -0.2) is 23.7 Å². The number of hydrogen-bond donors (Lipinski definition) is 1. The normalized spacial score (nSPS) is 12.4. The van der Waals surface area contributed by atoms with Crippen molar-refractivity contribution in [2.75, 3.05) is 0 Å². The van der Waals surface area contributed by atoms with Gasteiger partial charge in [0.25, 0.3) is 6.43 Å². The van der Waals surface area contributed by atoms with Crippen LogP contribution in [0.4, 0.5) is 13.2 Å². The summed E-state index contributed by atoms with van der Waals surface area (Å²) in [6.07, 6.45) is -5.88. The third-order valence-corrected chi connectivity index (χ3v) is 3.10. The van der Waals surface area contributed by atoms with Crippen LogP contribution in [0.3, 0.4) is 0 Å². The Morgan fingerprint density at radius 3 is 2.29 bits per heavy atom. The molecule has 0 aliphatic carbocycles. The van der Waals surface area contributed by atoms with E-state index in [-0.39, 0.29) is 11.1 Å². The van der Waals surface area contributed by atoms with Gasteiger partial charge in [-0.15, -0.1) is 0 Å². The lowest BCUT2D eigenvalue weighted by Crippen LogP contribution is -2.15. The summed E-state index contributed by atoms with van der Waals surface area (Å²) >= 11 is 0. The van der Waals surface area contributed by atoms with Crippen LogP contribution < -0.4 is 0 Å². The summed E-state index contributed by atoms with van der Waals surface area (Å²) in [5, 5.41) is 9.25. The van der Waals surface area contributed by atoms with E-state index in [1.54, 1.807) is 30.3 Å². The quantitative estimate of drug-likeness (QED) is 0.897. The van der Waals surface area contributed by atoms with E-state index in [9.17, 15) is 23.1 Å². The summed E-state index contributed by atoms with van der Waals surface area (Å²) in [5.74, 6) is -1.18. The number of aromatic carboxylic acids is 1. The molecule has 0 fully saturated rings. The lowest BCUT2D eigenvalue weighted by molar-refractivity contribution is 0.0503. The second-order valence-corrected chi connectivity index (χ2v) is 4.61. The Labute approximate surface area is 119 Å². The van der Waals surface area contributed by atoms with Crippen LogP contribution in [0.2, 0.25) is 0 Å². The van der Waals surface area contributed by atoms with Crippen molar-refractivity contribution in [1.29, 1.82) is 0 Å². The van der Waals surface area contributed by atoms with Crippen LogP contribution in [0.25, 0.3) is 11.1 Å². The molecule has 0 heterocycles. The molecule has 21 heavy (non-hydrogen) atoms. The van der Waals surface area contributed by atoms with Gasteiger partial charge in [0, 0.05) is 6.42 Å². The highest BCUT2D eigenvalue weighted by Gasteiger charge is 2.21. The number of hydrogen-bond acceptors (Lipinski definition) is 1. The minimum Gasteiger partial charge on any atom is -0.478 e. The maximum Gasteiger partial charge on any atom is 0.336 e. The third-order valence-electron chi connectivity index (χ3n) is 3.10. The first-order chi connectivity index (χ1) is 9.99. The van der Waals surface area contributed by atoms with Crippen molar-refractivity contribution in [2.24, 2.45) is 0 Å². The Morgan fingerprint density at radius 1 is 1.05 bits per heavy atom. The fourth-order valence-corrected chi connectivity index (χ4v) is 2.08. The van der Waals surface area contributed by atoms with Crippen LogP contribution in [0.5, 0.6) is 0 Å². The molecule has 0 spiro atoms. The predicted molar refractivity (Wildman–Crippen MR) is 73.4 cm³/mol. The summed E-state index contributed by atoms with van der Waals surface area (Å²) in [6, 6.07) is 13.1. The third kappa shape index (κ3) is 3.62. The second kappa shape index (κ2) is 6.43. The molecular formula is C16H13F3O2. The lowest BCUT2D eigenvalue weighted by Gasteiger charge is -2.11. The zero-order valence-electron chi connectivity index (χ0n) is 11.0. The fraction of sp³-hybridized carbons (Fsp3) is 0.188. The molecule has 1 N–H and O–H groups in total. The van der Waals surface area contributed by atoms with E-state index in [1.807, 2.05) is 0 Å². The van der Waals surface area contributed by atoms with Gasteiger partial charge in [-0.2, -0.15) is 0 Å². The van der Waals surface area contributed by atoms with E-state index in [0.29, 0.717) is 11.1 Å². The van der Waals surface area contributed by atoms with E-state index >= 15 is 0 Å². The number of carboxylic acid groups (broad SMARTS) is 1. The molecule has 0 bridgehead atoms. The maximum absolute atomic E-state index is 13.1. The molecule has 5 heteroatoms.